The monoisotopic (exact) mass is 264 g/mol. The highest BCUT2D eigenvalue weighted by Gasteiger charge is 2.38. The molecule has 0 aromatic heterocycles. The summed E-state index contributed by atoms with van der Waals surface area (Å²) in [7, 11) is -1.65. The number of terminal acetylenes is 1. The van der Waals surface area contributed by atoms with Crippen LogP contribution < -0.4 is 0 Å². The van der Waals surface area contributed by atoms with Gasteiger partial charge in [0.05, 0.1) is 5.60 Å². The average Bonchev–Trinajstić information content (AvgIpc) is 2.37. The molecule has 102 valence electrons. The van der Waals surface area contributed by atoms with E-state index >= 15 is 0 Å². The fourth-order valence-corrected chi connectivity index (χ4v) is 5.37. The lowest BCUT2D eigenvalue weighted by atomic mass is 9.93. The van der Waals surface area contributed by atoms with Gasteiger partial charge in [-0.2, -0.15) is 0 Å². The zero-order valence-electron chi connectivity index (χ0n) is 12.7. The number of rotatable bonds is 8. The van der Waals surface area contributed by atoms with Crippen molar-refractivity contribution in [2.24, 2.45) is 0 Å². The Kier molecular flexibility index (Phi) is 7.28. The fourth-order valence-electron chi connectivity index (χ4n) is 2.25. The highest BCUT2D eigenvalue weighted by Crippen LogP contribution is 2.34. The molecule has 2 heteroatoms. The zero-order chi connectivity index (χ0) is 14.2. The molecule has 0 N–H and O–H groups in total. The van der Waals surface area contributed by atoms with Crippen molar-refractivity contribution in [3.05, 3.63) is 24.3 Å². The lowest BCUT2D eigenvalue weighted by Crippen LogP contribution is -2.46. The molecule has 0 saturated carbocycles. The summed E-state index contributed by atoms with van der Waals surface area (Å²) in [6.45, 7) is 14.7. The summed E-state index contributed by atoms with van der Waals surface area (Å²) in [6, 6.07) is 3.42. The summed E-state index contributed by atoms with van der Waals surface area (Å²) in [5.74, 6) is 2.76. The fraction of sp³-hybridized carbons (Fsp3) is 0.625. The normalized spacial score (nSPS) is 15.9. The Balaban J connectivity index is 5.31. The second kappa shape index (κ2) is 7.61. The molecular weight excluding hydrogens is 236 g/mol. The van der Waals surface area contributed by atoms with Crippen molar-refractivity contribution in [2.75, 3.05) is 0 Å². The molecule has 18 heavy (non-hydrogen) atoms. The van der Waals surface area contributed by atoms with Crippen LogP contribution in [0.5, 0.6) is 0 Å². The summed E-state index contributed by atoms with van der Waals surface area (Å²) in [5, 5.41) is 0. The maximum Gasteiger partial charge on any atom is 0.193 e. The van der Waals surface area contributed by atoms with E-state index in [9.17, 15) is 0 Å². The van der Waals surface area contributed by atoms with E-state index in [2.05, 4.69) is 47.1 Å². The van der Waals surface area contributed by atoms with Crippen LogP contribution in [0.15, 0.2) is 24.3 Å². The van der Waals surface area contributed by atoms with E-state index < -0.39 is 8.32 Å². The Morgan fingerprint density at radius 1 is 1.33 bits per heavy atom. The predicted octanol–water partition coefficient (Wildman–Crippen LogP) is 4.92. The smallest absolute Gasteiger partial charge is 0.193 e. The first-order valence-corrected chi connectivity index (χ1v) is 9.40. The predicted molar refractivity (Wildman–Crippen MR) is 84.1 cm³/mol. The van der Waals surface area contributed by atoms with E-state index in [0.29, 0.717) is 6.42 Å². The van der Waals surface area contributed by atoms with Gasteiger partial charge in [-0.15, -0.1) is 12.3 Å². The Hall–Kier alpha value is -0.783. The first-order chi connectivity index (χ1) is 8.43. The lowest BCUT2D eigenvalue weighted by Gasteiger charge is -2.40. The molecule has 0 aliphatic rings. The highest BCUT2D eigenvalue weighted by molar-refractivity contribution is 6.73. The van der Waals surface area contributed by atoms with Gasteiger partial charge in [0, 0.05) is 6.42 Å². The first kappa shape index (κ1) is 17.2. The van der Waals surface area contributed by atoms with Crippen molar-refractivity contribution in [1.82, 2.24) is 0 Å². The van der Waals surface area contributed by atoms with Crippen LogP contribution in [0.2, 0.25) is 18.1 Å². The summed E-state index contributed by atoms with van der Waals surface area (Å²) in [5.41, 5.74) is 0.833. The van der Waals surface area contributed by atoms with Gasteiger partial charge in [0.15, 0.2) is 8.32 Å². The zero-order valence-corrected chi connectivity index (χ0v) is 13.7. The Bertz CT molecular complexity index is 325. The quantitative estimate of drug-likeness (QED) is 0.343. The minimum absolute atomic E-state index is 0.336. The van der Waals surface area contributed by atoms with Crippen LogP contribution in [0, 0.1) is 12.3 Å². The average molecular weight is 264 g/mol. The van der Waals surface area contributed by atoms with Gasteiger partial charge < -0.3 is 4.43 Å². The molecule has 0 saturated heterocycles. The molecule has 0 aromatic carbocycles. The molecule has 0 bridgehead atoms. The molecule has 0 heterocycles. The van der Waals surface area contributed by atoms with Crippen LogP contribution in [0.3, 0.4) is 0 Å². The number of hydrogen-bond acceptors (Lipinski definition) is 1. The van der Waals surface area contributed by atoms with E-state index in [1.807, 2.05) is 6.08 Å². The van der Waals surface area contributed by atoms with Gasteiger partial charge in [-0.3, -0.25) is 0 Å². The van der Waals surface area contributed by atoms with E-state index in [1.54, 1.807) is 6.08 Å². The Labute approximate surface area is 114 Å². The van der Waals surface area contributed by atoms with E-state index in [-0.39, 0.29) is 5.60 Å². The van der Waals surface area contributed by atoms with Crippen molar-refractivity contribution in [3.8, 4) is 12.3 Å². The van der Waals surface area contributed by atoms with Gasteiger partial charge in [0.25, 0.3) is 0 Å². The van der Waals surface area contributed by atoms with Crippen LogP contribution in [-0.2, 0) is 4.43 Å². The Morgan fingerprint density at radius 3 is 2.17 bits per heavy atom. The third kappa shape index (κ3) is 4.15. The van der Waals surface area contributed by atoms with Crippen LogP contribution in [0.25, 0.3) is 0 Å². The molecule has 0 aromatic rings. The summed E-state index contributed by atoms with van der Waals surface area (Å²) < 4.78 is 6.61. The third-order valence-electron chi connectivity index (χ3n) is 4.02. The van der Waals surface area contributed by atoms with Crippen LogP contribution in [0.1, 0.15) is 41.0 Å². The summed E-state index contributed by atoms with van der Waals surface area (Å²) >= 11 is 0. The standard InChI is InChI=1S/C16H28OSi/c1-8-13-15(6)16(7,14-9-2)17-18(10-3,11-4)12-5/h2,8,13H,1,10-12,14H2,3-7H3/b15-13+/t16-/m0/s1. The second-order valence-electron chi connectivity index (χ2n) is 5.04. The van der Waals surface area contributed by atoms with E-state index in [4.69, 9.17) is 10.8 Å². The highest BCUT2D eigenvalue weighted by atomic mass is 28.4. The molecule has 0 fully saturated rings. The molecule has 0 rings (SSSR count). The molecule has 0 aliphatic carbocycles. The largest absolute Gasteiger partial charge is 0.407 e. The van der Waals surface area contributed by atoms with Crippen molar-refractivity contribution in [2.45, 2.75) is 64.8 Å². The molecule has 0 amide bonds. The van der Waals surface area contributed by atoms with Gasteiger partial charge in [-0.05, 0) is 37.6 Å². The number of hydrogen-bond donors (Lipinski definition) is 0. The van der Waals surface area contributed by atoms with Gasteiger partial charge >= 0.3 is 0 Å². The first-order valence-electron chi connectivity index (χ1n) is 6.87. The van der Waals surface area contributed by atoms with Gasteiger partial charge in [-0.25, -0.2) is 0 Å². The molecule has 1 nitrogen and oxygen atoms in total. The molecule has 0 radical (unpaired) electrons. The minimum Gasteiger partial charge on any atom is -0.407 e. The molecule has 0 unspecified atom stereocenters. The molecule has 0 aliphatic heterocycles. The van der Waals surface area contributed by atoms with E-state index in [1.165, 1.54) is 5.57 Å². The third-order valence-corrected chi connectivity index (χ3v) is 8.77. The van der Waals surface area contributed by atoms with Crippen molar-refractivity contribution in [3.63, 3.8) is 0 Å². The topological polar surface area (TPSA) is 9.23 Å². The second-order valence-corrected chi connectivity index (χ2v) is 9.73. The lowest BCUT2D eigenvalue weighted by molar-refractivity contribution is 0.119. The molecule has 0 spiro atoms. The SMILES string of the molecule is C#CC[C@](C)(O[Si](CC)(CC)CC)/C(C)=C/C=C. The van der Waals surface area contributed by atoms with E-state index in [0.717, 1.165) is 18.1 Å². The van der Waals surface area contributed by atoms with Gasteiger partial charge in [0.2, 0.25) is 0 Å². The van der Waals surface area contributed by atoms with Crippen LogP contribution >= 0.6 is 0 Å². The molecule has 1 atom stereocenters. The van der Waals surface area contributed by atoms with Gasteiger partial charge in [0.1, 0.15) is 0 Å². The van der Waals surface area contributed by atoms with Crippen LogP contribution in [0.4, 0.5) is 0 Å². The number of allylic oxidation sites excluding steroid dienone is 2. The van der Waals surface area contributed by atoms with Crippen molar-refractivity contribution in [1.29, 1.82) is 0 Å². The van der Waals surface area contributed by atoms with Crippen molar-refractivity contribution >= 4 is 8.32 Å². The van der Waals surface area contributed by atoms with Gasteiger partial charge in [-0.1, -0.05) is 39.5 Å². The maximum atomic E-state index is 6.61. The Morgan fingerprint density at radius 2 is 1.83 bits per heavy atom. The molecular formula is C16H28OSi. The summed E-state index contributed by atoms with van der Waals surface area (Å²) in [6.07, 6.45) is 9.96. The summed E-state index contributed by atoms with van der Waals surface area (Å²) in [4.78, 5) is 0. The van der Waals surface area contributed by atoms with Crippen molar-refractivity contribution < 1.29 is 4.43 Å². The maximum absolute atomic E-state index is 6.61. The minimum atomic E-state index is -1.65. The van der Waals surface area contributed by atoms with Crippen LogP contribution in [-0.4, -0.2) is 13.9 Å².